The Balaban J connectivity index is 1.50. The van der Waals surface area contributed by atoms with E-state index < -0.39 is 11.8 Å². The lowest BCUT2D eigenvalue weighted by Gasteiger charge is -2.12. The normalized spacial score (nSPS) is 10.2. The van der Waals surface area contributed by atoms with Crippen LogP contribution in [0.1, 0.15) is 15.9 Å². The molecule has 8 nitrogen and oxygen atoms in total. The van der Waals surface area contributed by atoms with Gasteiger partial charge in [0, 0.05) is 10.9 Å². The van der Waals surface area contributed by atoms with E-state index in [4.69, 9.17) is 14.7 Å². The molecule has 2 N–H and O–H groups in total. The minimum Gasteiger partial charge on any atom is -0.497 e. The quantitative estimate of drug-likeness (QED) is 0.432. The largest absolute Gasteiger partial charge is 0.497 e. The Morgan fingerprint density at radius 2 is 1.71 bits per heavy atom. The molecular weight excluding hydrogens is 432 g/mol. The number of benzene rings is 3. The van der Waals surface area contributed by atoms with Crippen LogP contribution in [0.3, 0.4) is 0 Å². The number of amides is 2. The van der Waals surface area contributed by atoms with E-state index in [1.54, 1.807) is 43.5 Å². The molecule has 0 aliphatic rings. The number of nitrogens with zero attached hydrogens (tertiary/aromatic N) is 2. The van der Waals surface area contributed by atoms with Gasteiger partial charge in [-0.2, -0.15) is 5.26 Å². The number of ether oxygens (including phenoxy) is 2. The molecule has 4 aromatic rings. The lowest BCUT2D eigenvalue weighted by Crippen LogP contribution is -2.44. The second-order valence-corrected chi connectivity index (χ2v) is 7.20. The summed E-state index contributed by atoms with van der Waals surface area (Å²) >= 11 is 0. The number of hydrogen-bond donors (Lipinski definition) is 2. The maximum atomic E-state index is 13.0. The first-order valence-corrected chi connectivity index (χ1v) is 10.3. The molecular formula is C26H20N4O4. The minimum absolute atomic E-state index is 0.288. The van der Waals surface area contributed by atoms with Crippen molar-refractivity contribution in [1.82, 2.24) is 15.8 Å². The Kier molecular flexibility index (Phi) is 6.65. The van der Waals surface area contributed by atoms with E-state index in [2.05, 4.69) is 15.8 Å². The summed E-state index contributed by atoms with van der Waals surface area (Å²) in [5, 5.41) is 9.75. The third kappa shape index (κ3) is 4.95. The fourth-order valence-electron chi connectivity index (χ4n) is 3.33. The number of pyridine rings is 1. The summed E-state index contributed by atoms with van der Waals surface area (Å²) in [5.74, 6) is -0.0745. The van der Waals surface area contributed by atoms with Crippen LogP contribution in [0.5, 0.6) is 11.5 Å². The van der Waals surface area contributed by atoms with E-state index >= 15 is 0 Å². The van der Waals surface area contributed by atoms with E-state index in [0.29, 0.717) is 33.5 Å². The Morgan fingerprint density at radius 1 is 0.971 bits per heavy atom. The maximum absolute atomic E-state index is 13.0. The number of aromatic nitrogens is 1. The standard InChI is InChI=1S/C26H20N4O4/c1-33-19-12-10-17(11-13-19)23-14-21(20-7-3-4-8-22(20)28-23)26(32)30-29-25(31)16-34-24-9-5-2-6-18(24)15-27/h2-14H,16H2,1H3,(H,29,31)(H,30,32). The van der Waals surface area contributed by atoms with Crippen molar-refractivity contribution < 1.29 is 19.1 Å². The van der Waals surface area contributed by atoms with Crippen molar-refractivity contribution in [2.24, 2.45) is 0 Å². The maximum Gasteiger partial charge on any atom is 0.276 e. The highest BCUT2D eigenvalue weighted by Gasteiger charge is 2.15. The molecule has 0 saturated heterocycles. The molecule has 0 fully saturated rings. The van der Waals surface area contributed by atoms with Gasteiger partial charge >= 0.3 is 0 Å². The predicted molar refractivity (Wildman–Crippen MR) is 126 cm³/mol. The van der Waals surface area contributed by atoms with Crippen LogP contribution in [-0.4, -0.2) is 30.5 Å². The number of nitrogens with one attached hydrogen (secondary N) is 2. The zero-order valence-electron chi connectivity index (χ0n) is 18.2. The fourth-order valence-corrected chi connectivity index (χ4v) is 3.33. The minimum atomic E-state index is -0.574. The highest BCUT2D eigenvalue weighted by Crippen LogP contribution is 2.26. The Bertz CT molecular complexity index is 1390. The Hall–Kier alpha value is -4.90. The van der Waals surface area contributed by atoms with Crippen molar-refractivity contribution in [2.75, 3.05) is 13.7 Å². The van der Waals surface area contributed by atoms with Gasteiger partial charge in [-0.15, -0.1) is 0 Å². The SMILES string of the molecule is COc1ccc(-c2cc(C(=O)NNC(=O)COc3ccccc3C#N)c3ccccc3n2)cc1. The van der Waals surface area contributed by atoms with Gasteiger partial charge in [0.25, 0.3) is 11.8 Å². The van der Waals surface area contributed by atoms with Crippen LogP contribution in [0.15, 0.2) is 78.9 Å². The number of carbonyl (C=O) groups is 2. The summed E-state index contributed by atoms with van der Waals surface area (Å²) < 4.78 is 10.6. The van der Waals surface area contributed by atoms with Crippen LogP contribution in [0.4, 0.5) is 0 Å². The molecule has 2 amide bonds. The second-order valence-electron chi connectivity index (χ2n) is 7.20. The molecule has 8 heteroatoms. The third-order valence-electron chi connectivity index (χ3n) is 5.03. The molecule has 0 unspecified atom stereocenters. The molecule has 0 spiro atoms. The van der Waals surface area contributed by atoms with Crippen molar-refractivity contribution >= 4 is 22.7 Å². The van der Waals surface area contributed by atoms with Crippen LogP contribution in [0.2, 0.25) is 0 Å². The van der Waals surface area contributed by atoms with Gasteiger partial charge in [0.15, 0.2) is 6.61 Å². The molecule has 1 heterocycles. The van der Waals surface area contributed by atoms with Crippen LogP contribution in [0, 0.1) is 11.3 Å². The summed E-state index contributed by atoms with van der Waals surface area (Å²) in [6, 6.07) is 24.9. The van der Waals surface area contributed by atoms with Gasteiger partial charge in [-0.1, -0.05) is 30.3 Å². The number of rotatable bonds is 6. The van der Waals surface area contributed by atoms with Gasteiger partial charge in [-0.05, 0) is 48.5 Å². The Morgan fingerprint density at radius 3 is 2.47 bits per heavy atom. The van der Waals surface area contributed by atoms with E-state index in [1.165, 1.54) is 0 Å². The fraction of sp³-hybridized carbons (Fsp3) is 0.0769. The molecule has 0 atom stereocenters. The van der Waals surface area contributed by atoms with E-state index in [-0.39, 0.29) is 12.4 Å². The molecule has 0 aliphatic carbocycles. The van der Waals surface area contributed by atoms with Crippen molar-refractivity contribution in [3.63, 3.8) is 0 Å². The van der Waals surface area contributed by atoms with Crippen molar-refractivity contribution in [1.29, 1.82) is 5.26 Å². The first-order valence-electron chi connectivity index (χ1n) is 10.3. The lowest BCUT2D eigenvalue weighted by molar-refractivity contribution is -0.123. The average Bonchev–Trinajstić information content (AvgIpc) is 2.90. The van der Waals surface area contributed by atoms with Crippen molar-refractivity contribution in [3.05, 3.63) is 90.0 Å². The number of nitriles is 1. The Labute approximate surface area is 195 Å². The molecule has 1 aromatic heterocycles. The van der Waals surface area contributed by atoms with Gasteiger partial charge in [-0.3, -0.25) is 20.4 Å². The van der Waals surface area contributed by atoms with Crippen LogP contribution >= 0.6 is 0 Å². The molecule has 0 bridgehead atoms. The average molecular weight is 452 g/mol. The first kappa shape index (κ1) is 22.3. The molecule has 3 aromatic carbocycles. The van der Waals surface area contributed by atoms with Gasteiger partial charge in [0.2, 0.25) is 0 Å². The van der Waals surface area contributed by atoms with Crippen LogP contribution < -0.4 is 20.3 Å². The number of fused-ring (bicyclic) bond motifs is 1. The number of methoxy groups -OCH3 is 1. The summed E-state index contributed by atoms with van der Waals surface area (Å²) in [5.41, 5.74) is 7.50. The number of carbonyl (C=O) groups excluding carboxylic acids is 2. The smallest absolute Gasteiger partial charge is 0.276 e. The predicted octanol–water partition coefficient (Wildman–Crippen LogP) is 3.62. The molecule has 0 radical (unpaired) electrons. The second kappa shape index (κ2) is 10.1. The molecule has 4 rings (SSSR count). The van der Waals surface area contributed by atoms with E-state index in [9.17, 15) is 9.59 Å². The highest BCUT2D eigenvalue weighted by atomic mass is 16.5. The van der Waals surface area contributed by atoms with Gasteiger partial charge in [0.05, 0.1) is 29.4 Å². The van der Waals surface area contributed by atoms with Gasteiger partial charge in [0.1, 0.15) is 17.6 Å². The molecule has 168 valence electrons. The molecule has 0 aliphatic heterocycles. The zero-order valence-corrected chi connectivity index (χ0v) is 18.2. The molecule has 34 heavy (non-hydrogen) atoms. The summed E-state index contributed by atoms with van der Waals surface area (Å²) in [4.78, 5) is 29.8. The monoisotopic (exact) mass is 452 g/mol. The topological polar surface area (TPSA) is 113 Å². The van der Waals surface area contributed by atoms with Gasteiger partial charge < -0.3 is 9.47 Å². The van der Waals surface area contributed by atoms with E-state index in [1.807, 2.05) is 48.5 Å². The zero-order chi connectivity index (χ0) is 23.9. The summed E-state index contributed by atoms with van der Waals surface area (Å²) in [6.07, 6.45) is 0. The van der Waals surface area contributed by atoms with Crippen LogP contribution in [-0.2, 0) is 4.79 Å². The van der Waals surface area contributed by atoms with Crippen LogP contribution in [0.25, 0.3) is 22.2 Å². The van der Waals surface area contributed by atoms with Crippen molar-refractivity contribution in [2.45, 2.75) is 0 Å². The highest BCUT2D eigenvalue weighted by molar-refractivity contribution is 6.07. The molecule has 0 saturated carbocycles. The lowest BCUT2D eigenvalue weighted by atomic mass is 10.0. The number of para-hydroxylation sites is 2. The number of hydrazine groups is 1. The summed E-state index contributed by atoms with van der Waals surface area (Å²) in [7, 11) is 1.59. The first-order chi connectivity index (χ1) is 16.6. The number of hydrogen-bond acceptors (Lipinski definition) is 6. The van der Waals surface area contributed by atoms with E-state index in [0.717, 1.165) is 5.56 Å². The van der Waals surface area contributed by atoms with Crippen molar-refractivity contribution in [3.8, 4) is 28.8 Å². The van der Waals surface area contributed by atoms with Gasteiger partial charge in [-0.25, -0.2) is 4.98 Å². The summed E-state index contributed by atoms with van der Waals surface area (Å²) in [6.45, 7) is -0.368. The third-order valence-corrected chi connectivity index (χ3v) is 5.03.